The van der Waals surface area contributed by atoms with Crippen molar-refractivity contribution in [1.29, 1.82) is 0 Å². The summed E-state index contributed by atoms with van der Waals surface area (Å²) in [5.41, 5.74) is 2.67. The molecule has 0 spiro atoms. The molecule has 0 aliphatic carbocycles. The van der Waals surface area contributed by atoms with Gasteiger partial charge >= 0.3 is 6.01 Å². The average molecular weight is 294 g/mol. The second-order valence-corrected chi connectivity index (χ2v) is 4.55. The number of oxazole rings is 1. The number of aldehydes is 1. The number of rotatable bonds is 3. The third-order valence-electron chi connectivity index (χ3n) is 3.03. The van der Waals surface area contributed by atoms with Crippen LogP contribution in [0.4, 0.5) is 11.7 Å². The van der Waals surface area contributed by atoms with Crippen molar-refractivity contribution in [1.82, 2.24) is 4.98 Å². The highest BCUT2D eigenvalue weighted by molar-refractivity contribution is 6.02. The Hall–Kier alpha value is -3.15. The van der Waals surface area contributed by atoms with E-state index in [4.69, 9.17) is 4.42 Å². The minimum atomic E-state index is 0.307. The summed E-state index contributed by atoms with van der Waals surface area (Å²) in [7, 11) is 1.66. The van der Waals surface area contributed by atoms with Gasteiger partial charge in [-0.3, -0.25) is 15.1 Å². The molecule has 1 heterocycles. The summed E-state index contributed by atoms with van der Waals surface area (Å²) in [5.74, 6) is 0.508. The maximum atomic E-state index is 10.8. The molecular formula is C16H14N4O2. The number of carbonyl (C=O) groups excluding carboxylic acids is 1. The van der Waals surface area contributed by atoms with Gasteiger partial charge in [-0.25, -0.2) is 0 Å². The highest BCUT2D eigenvalue weighted by atomic mass is 16.4. The minimum Gasteiger partial charge on any atom is -0.423 e. The van der Waals surface area contributed by atoms with Crippen molar-refractivity contribution in [2.24, 2.45) is 4.99 Å². The zero-order valence-corrected chi connectivity index (χ0v) is 11.9. The van der Waals surface area contributed by atoms with Gasteiger partial charge in [-0.15, -0.1) is 0 Å². The largest absolute Gasteiger partial charge is 0.423 e. The Morgan fingerprint density at radius 2 is 2.00 bits per heavy atom. The Balaban J connectivity index is 1.80. The van der Waals surface area contributed by atoms with Crippen LogP contribution >= 0.6 is 0 Å². The second-order valence-electron chi connectivity index (χ2n) is 4.55. The van der Waals surface area contributed by atoms with Crippen molar-refractivity contribution in [3.05, 3.63) is 54.1 Å². The van der Waals surface area contributed by atoms with Crippen LogP contribution in [0.2, 0.25) is 0 Å². The molecule has 22 heavy (non-hydrogen) atoms. The summed E-state index contributed by atoms with van der Waals surface area (Å²) in [4.78, 5) is 19.2. The molecule has 0 saturated carbocycles. The lowest BCUT2D eigenvalue weighted by Gasteiger charge is -2.08. The van der Waals surface area contributed by atoms with E-state index in [1.807, 2.05) is 30.3 Å². The van der Waals surface area contributed by atoms with E-state index in [0.29, 0.717) is 28.6 Å². The number of guanidine groups is 1. The van der Waals surface area contributed by atoms with Crippen LogP contribution in [-0.2, 0) is 0 Å². The van der Waals surface area contributed by atoms with Crippen molar-refractivity contribution in [2.45, 2.75) is 0 Å². The van der Waals surface area contributed by atoms with Gasteiger partial charge in [0.1, 0.15) is 11.8 Å². The van der Waals surface area contributed by atoms with Crippen molar-refractivity contribution < 1.29 is 9.21 Å². The van der Waals surface area contributed by atoms with E-state index >= 15 is 0 Å². The van der Waals surface area contributed by atoms with Crippen LogP contribution in [-0.4, -0.2) is 24.3 Å². The van der Waals surface area contributed by atoms with Crippen molar-refractivity contribution in [3.63, 3.8) is 0 Å². The number of nitrogens with zero attached hydrogens (tertiary/aromatic N) is 2. The molecule has 6 heteroatoms. The summed E-state index contributed by atoms with van der Waals surface area (Å²) >= 11 is 0. The van der Waals surface area contributed by atoms with Crippen LogP contribution in [0.5, 0.6) is 0 Å². The number of benzene rings is 2. The minimum absolute atomic E-state index is 0.307. The second kappa shape index (κ2) is 6.09. The number of hydrogen-bond acceptors (Lipinski definition) is 4. The predicted octanol–water partition coefficient (Wildman–Crippen LogP) is 3.15. The van der Waals surface area contributed by atoms with E-state index < -0.39 is 0 Å². The molecular weight excluding hydrogens is 280 g/mol. The number of carbonyl (C=O) groups is 1. The van der Waals surface area contributed by atoms with E-state index in [0.717, 1.165) is 12.0 Å². The Kier molecular flexibility index (Phi) is 3.82. The highest BCUT2D eigenvalue weighted by Crippen LogP contribution is 2.19. The zero-order chi connectivity index (χ0) is 15.4. The van der Waals surface area contributed by atoms with Gasteiger partial charge in [0, 0.05) is 18.3 Å². The maximum Gasteiger partial charge on any atom is 0.302 e. The standard InChI is InChI=1S/C16H14N4O2/c1-17-15(18-12-5-3-2-4-6-12)20-16-19-13-9-11(10-21)7-8-14(13)22-16/h2-10H,1H3,(H2,17,18,19,20). The monoisotopic (exact) mass is 294 g/mol. The first-order chi connectivity index (χ1) is 10.8. The number of hydrogen-bond donors (Lipinski definition) is 2. The van der Waals surface area contributed by atoms with Crippen molar-refractivity contribution in [2.75, 3.05) is 17.7 Å². The fraction of sp³-hybridized carbons (Fsp3) is 0.0625. The molecule has 3 rings (SSSR count). The molecule has 0 fully saturated rings. The normalized spacial score (nSPS) is 11.4. The van der Waals surface area contributed by atoms with Crippen molar-refractivity contribution in [3.8, 4) is 0 Å². The smallest absolute Gasteiger partial charge is 0.302 e. The number of aromatic nitrogens is 1. The Bertz CT molecular complexity index is 825. The lowest BCUT2D eigenvalue weighted by atomic mass is 10.2. The molecule has 0 unspecified atom stereocenters. The first-order valence-corrected chi connectivity index (χ1v) is 6.70. The molecule has 0 radical (unpaired) electrons. The molecule has 0 amide bonds. The molecule has 0 saturated heterocycles. The quantitative estimate of drug-likeness (QED) is 0.440. The maximum absolute atomic E-state index is 10.8. The van der Waals surface area contributed by atoms with E-state index in [-0.39, 0.29) is 0 Å². The van der Waals surface area contributed by atoms with E-state index in [1.54, 1.807) is 25.2 Å². The fourth-order valence-electron chi connectivity index (χ4n) is 1.97. The van der Waals surface area contributed by atoms with Gasteiger partial charge in [0.2, 0.25) is 5.96 Å². The van der Waals surface area contributed by atoms with Gasteiger partial charge in [0.25, 0.3) is 0 Å². The molecule has 0 aliphatic rings. The van der Waals surface area contributed by atoms with Crippen LogP contribution in [0, 0.1) is 0 Å². The van der Waals surface area contributed by atoms with Crippen molar-refractivity contribution >= 4 is 35.0 Å². The number of fused-ring (bicyclic) bond motifs is 1. The first kappa shape index (κ1) is 13.8. The molecule has 1 aromatic heterocycles. The van der Waals surface area contributed by atoms with Gasteiger partial charge in [-0.1, -0.05) is 18.2 Å². The van der Waals surface area contributed by atoms with Gasteiger partial charge in [0.15, 0.2) is 5.58 Å². The SMILES string of the molecule is CN=C(Nc1ccccc1)Nc1nc2cc(C=O)ccc2o1. The van der Waals surface area contributed by atoms with Crippen LogP contribution in [0.3, 0.4) is 0 Å². The molecule has 0 atom stereocenters. The van der Waals surface area contributed by atoms with E-state index in [2.05, 4.69) is 20.6 Å². The highest BCUT2D eigenvalue weighted by Gasteiger charge is 2.08. The summed E-state index contributed by atoms with van der Waals surface area (Å²) in [6, 6.07) is 15.0. The Morgan fingerprint density at radius 1 is 1.18 bits per heavy atom. The summed E-state index contributed by atoms with van der Waals surface area (Å²) in [6.07, 6.45) is 0.775. The summed E-state index contributed by atoms with van der Waals surface area (Å²) in [6.45, 7) is 0. The molecule has 0 bridgehead atoms. The number of aliphatic imine (C=N–C) groups is 1. The summed E-state index contributed by atoms with van der Waals surface area (Å²) < 4.78 is 5.58. The third-order valence-corrected chi connectivity index (χ3v) is 3.03. The Labute approximate surface area is 126 Å². The number of para-hydroxylation sites is 1. The average Bonchev–Trinajstić information content (AvgIpc) is 2.96. The predicted molar refractivity (Wildman–Crippen MR) is 86.4 cm³/mol. The molecule has 0 aliphatic heterocycles. The number of anilines is 2. The Morgan fingerprint density at radius 3 is 2.73 bits per heavy atom. The topological polar surface area (TPSA) is 79.5 Å². The molecule has 3 aromatic rings. The third kappa shape index (κ3) is 2.95. The molecule has 6 nitrogen and oxygen atoms in total. The van der Waals surface area contributed by atoms with Gasteiger partial charge < -0.3 is 9.73 Å². The van der Waals surface area contributed by atoms with Gasteiger partial charge in [0.05, 0.1) is 0 Å². The fourth-order valence-corrected chi connectivity index (χ4v) is 1.97. The van der Waals surface area contributed by atoms with Gasteiger partial charge in [-0.05, 0) is 30.3 Å². The van der Waals surface area contributed by atoms with Crippen LogP contribution < -0.4 is 10.6 Å². The van der Waals surface area contributed by atoms with Gasteiger partial charge in [-0.2, -0.15) is 4.98 Å². The van der Waals surface area contributed by atoms with Crippen LogP contribution in [0.1, 0.15) is 10.4 Å². The van der Waals surface area contributed by atoms with E-state index in [9.17, 15) is 4.79 Å². The lowest BCUT2D eigenvalue weighted by Crippen LogP contribution is -2.21. The molecule has 110 valence electrons. The van der Waals surface area contributed by atoms with Crippen LogP contribution in [0.25, 0.3) is 11.1 Å². The van der Waals surface area contributed by atoms with E-state index in [1.165, 1.54) is 0 Å². The first-order valence-electron chi connectivity index (χ1n) is 6.70. The molecule has 2 N–H and O–H groups in total. The zero-order valence-electron chi connectivity index (χ0n) is 11.9. The van der Waals surface area contributed by atoms with Crippen LogP contribution in [0.15, 0.2) is 57.9 Å². The summed E-state index contributed by atoms with van der Waals surface area (Å²) in [5, 5.41) is 6.10. The lowest BCUT2D eigenvalue weighted by molar-refractivity contribution is 0.112. The molecule has 2 aromatic carbocycles. The number of nitrogens with one attached hydrogen (secondary N) is 2.